The topological polar surface area (TPSA) is 103 Å². The predicted molar refractivity (Wildman–Crippen MR) is 153 cm³/mol. The van der Waals surface area contributed by atoms with Crippen LogP contribution in [0.25, 0.3) is 22.2 Å². The summed E-state index contributed by atoms with van der Waals surface area (Å²) in [5.41, 5.74) is 5.70. The molecule has 4 aromatic rings. The Bertz CT molecular complexity index is 1490. The number of fused-ring (bicyclic) bond motifs is 1. The molecule has 0 aliphatic rings. The molecule has 2 N–H and O–H groups in total. The first-order chi connectivity index (χ1) is 18.2. The molecule has 0 unspecified atom stereocenters. The molecule has 2 amide bonds. The number of hydrogen-bond acceptors (Lipinski definition) is 6. The summed E-state index contributed by atoms with van der Waals surface area (Å²) in [5.74, 6) is 0. The molecule has 8 heteroatoms. The number of nitrogens with zero attached hydrogens (tertiary/aromatic N) is 1. The first kappa shape index (κ1) is 27.7. The minimum Gasteiger partial charge on any atom is -0.444 e. The van der Waals surface area contributed by atoms with Crippen LogP contribution in [-0.2, 0) is 15.9 Å². The Kier molecular flexibility index (Phi) is 7.67. The molecule has 0 aliphatic carbocycles. The molecule has 3 aromatic carbocycles. The molecule has 0 aliphatic heterocycles. The van der Waals surface area contributed by atoms with Gasteiger partial charge in [0.25, 0.3) is 0 Å². The summed E-state index contributed by atoms with van der Waals surface area (Å²) < 4.78 is 16.6. The molecular formula is C31H35N3O5. The van der Waals surface area contributed by atoms with Crippen LogP contribution in [0.5, 0.6) is 0 Å². The average molecular weight is 530 g/mol. The molecule has 39 heavy (non-hydrogen) atoms. The standard InChI is InChI=1S/C31H35N3O5/c1-19-9-8-10-22(15-19)24-17-21(16-20-11-13-23(14-12-20)32-28(35)38-30(2,3)4)18-25-26(24)33-27(37-25)34-29(36)39-31(5,6)7/h8-15,17-18H,16H2,1-7H3,(H,32,35)(H,33,34,36). The first-order valence-electron chi connectivity index (χ1n) is 12.8. The lowest BCUT2D eigenvalue weighted by atomic mass is 9.97. The quantitative estimate of drug-likeness (QED) is 0.271. The van der Waals surface area contributed by atoms with Crippen LogP contribution < -0.4 is 10.6 Å². The zero-order chi connectivity index (χ0) is 28.4. The molecule has 0 saturated heterocycles. The molecule has 0 fully saturated rings. The third-order valence-corrected chi connectivity index (χ3v) is 5.50. The second kappa shape index (κ2) is 10.8. The van der Waals surface area contributed by atoms with Crippen LogP contribution in [0.3, 0.4) is 0 Å². The van der Waals surface area contributed by atoms with Crippen molar-refractivity contribution >= 4 is 35.0 Å². The Morgan fingerprint density at radius 2 is 1.46 bits per heavy atom. The highest BCUT2D eigenvalue weighted by molar-refractivity contribution is 5.94. The molecule has 0 spiro atoms. The Labute approximate surface area is 228 Å². The molecule has 1 heterocycles. The Hall–Kier alpha value is -4.33. The van der Waals surface area contributed by atoms with Crippen molar-refractivity contribution in [1.29, 1.82) is 0 Å². The van der Waals surface area contributed by atoms with E-state index >= 15 is 0 Å². The molecule has 4 rings (SSSR count). The van der Waals surface area contributed by atoms with E-state index in [-0.39, 0.29) is 6.01 Å². The molecule has 0 radical (unpaired) electrons. The number of carbonyl (C=O) groups is 2. The molecule has 0 saturated carbocycles. The van der Waals surface area contributed by atoms with Crippen LogP contribution in [0.15, 0.2) is 65.1 Å². The maximum absolute atomic E-state index is 12.3. The summed E-state index contributed by atoms with van der Waals surface area (Å²) in [7, 11) is 0. The highest BCUT2D eigenvalue weighted by Gasteiger charge is 2.20. The highest BCUT2D eigenvalue weighted by atomic mass is 16.6. The Morgan fingerprint density at radius 3 is 2.08 bits per heavy atom. The van der Waals surface area contributed by atoms with Gasteiger partial charge >= 0.3 is 18.2 Å². The number of nitrogens with one attached hydrogen (secondary N) is 2. The van der Waals surface area contributed by atoms with E-state index in [2.05, 4.69) is 27.8 Å². The maximum atomic E-state index is 12.3. The van der Waals surface area contributed by atoms with Gasteiger partial charge in [-0.1, -0.05) is 42.0 Å². The molecule has 204 valence electrons. The summed E-state index contributed by atoms with van der Waals surface area (Å²) in [6.45, 7) is 12.9. The lowest BCUT2D eigenvalue weighted by molar-refractivity contribution is 0.0622. The minimum atomic E-state index is -0.645. The fourth-order valence-electron chi connectivity index (χ4n) is 4.03. The predicted octanol–water partition coefficient (Wildman–Crippen LogP) is 8.09. The summed E-state index contributed by atoms with van der Waals surface area (Å²) >= 11 is 0. The van der Waals surface area contributed by atoms with E-state index in [9.17, 15) is 9.59 Å². The van der Waals surface area contributed by atoms with Crippen LogP contribution >= 0.6 is 0 Å². The van der Waals surface area contributed by atoms with Gasteiger partial charge in [-0.3, -0.25) is 5.32 Å². The van der Waals surface area contributed by atoms with Crippen molar-refractivity contribution in [1.82, 2.24) is 4.98 Å². The minimum absolute atomic E-state index is 0.0721. The van der Waals surface area contributed by atoms with E-state index < -0.39 is 23.4 Å². The number of carbonyl (C=O) groups excluding carboxylic acids is 2. The zero-order valence-electron chi connectivity index (χ0n) is 23.5. The number of oxazole rings is 1. The van der Waals surface area contributed by atoms with Crippen LogP contribution in [-0.4, -0.2) is 28.4 Å². The number of benzene rings is 3. The molecule has 0 bridgehead atoms. The molecular weight excluding hydrogens is 494 g/mol. The van der Waals surface area contributed by atoms with Gasteiger partial charge in [0, 0.05) is 11.3 Å². The van der Waals surface area contributed by atoms with Gasteiger partial charge in [-0.25, -0.2) is 14.9 Å². The lowest BCUT2D eigenvalue weighted by Crippen LogP contribution is -2.27. The van der Waals surface area contributed by atoms with Gasteiger partial charge in [0.2, 0.25) is 0 Å². The number of aryl methyl sites for hydroxylation is 1. The molecule has 8 nitrogen and oxygen atoms in total. The first-order valence-corrected chi connectivity index (χ1v) is 12.8. The molecule has 0 atom stereocenters. The monoisotopic (exact) mass is 529 g/mol. The van der Waals surface area contributed by atoms with Crippen molar-refractivity contribution in [3.05, 3.63) is 77.4 Å². The van der Waals surface area contributed by atoms with Crippen molar-refractivity contribution in [2.24, 2.45) is 0 Å². The van der Waals surface area contributed by atoms with Crippen molar-refractivity contribution < 1.29 is 23.5 Å². The second-order valence-corrected chi connectivity index (χ2v) is 11.5. The Morgan fingerprint density at radius 1 is 0.821 bits per heavy atom. The van der Waals surface area contributed by atoms with Crippen LogP contribution in [0, 0.1) is 6.92 Å². The number of ether oxygens (including phenoxy) is 2. The normalized spacial score (nSPS) is 11.8. The third-order valence-electron chi connectivity index (χ3n) is 5.50. The van der Waals surface area contributed by atoms with Gasteiger partial charge in [0.1, 0.15) is 16.7 Å². The van der Waals surface area contributed by atoms with E-state index in [1.54, 1.807) is 20.8 Å². The summed E-state index contributed by atoms with van der Waals surface area (Å²) in [6.07, 6.45) is -0.507. The fourth-order valence-corrected chi connectivity index (χ4v) is 4.03. The number of amides is 2. The smallest absolute Gasteiger partial charge is 0.415 e. The van der Waals surface area contributed by atoms with Gasteiger partial charge in [0.15, 0.2) is 5.58 Å². The Balaban J connectivity index is 1.62. The number of rotatable bonds is 5. The molecule has 1 aromatic heterocycles. The number of hydrogen-bond donors (Lipinski definition) is 2. The van der Waals surface area contributed by atoms with Gasteiger partial charge in [0.05, 0.1) is 0 Å². The van der Waals surface area contributed by atoms with E-state index in [0.717, 1.165) is 27.8 Å². The highest BCUT2D eigenvalue weighted by Crippen LogP contribution is 2.33. The van der Waals surface area contributed by atoms with Crippen molar-refractivity contribution in [3.63, 3.8) is 0 Å². The summed E-state index contributed by atoms with van der Waals surface area (Å²) in [5, 5.41) is 5.35. The van der Waals surface area contributed by atoms with Crippen LogP contribution in [0.4, 0.5) is 21.3 Å². The fraction of sp³-hybridized carbons (Fsp3) is 0.323. The van der Waals surface area contributed by atoms with Gasteiger partial charge in [-0.15, -0.1) is 0 Å². The average Bonchev–Trinajstić information content (AvgIpc) is 3.19. The third kappa shape index (κ3) is 7.83. The van der Waals surface area contributed by atoms with E-state index in [1.165, 1.54) is 0 Å². The number of anilines is 2. The van der Waals surface area contributed by atoms with Crippen molar-refractivity contribution in [2.75, 3.05) is 10.6 Å². The second-order valence-electron chi connectivity index (χ2n) is 11.5. The van der Waals surface area contributed by atoms with Crippen molar-refractivity contribution in [2.45, 2.75) is 66.1 Å². The maximum Gasteiger partial charge on any atom is 0.415 e. The van der Waals surface area contributed by atoms with E-state index in [0.29, 0.717) is 23.2 Å². The van der Waals surface area contributed by atoms with Crippen LogP contribution in [0.2, 0.25) is 0 Å². The van der Waals surface area contributed by atoms with Crippen LogP contribution in [0.1, 0.15) is 58.2 Å². The van der Waals surface area contributed by atoms with Gasteiger partial charge in [-0.2, -0.15) is 4.98 Å². The van der Waals surface area contributed by atoms with Crippen molar-refractivity contribution in [3.8, 4) is 11.1 Å². The van der Waals surface area contributed by atoms with Gasteiger partial charge in [-0.05, 0) is 95.8 Å². The largest absolute Gasteiger partial charge is 0.444 e. The van der Waals surface area contributed by atoms with E-state index in [4.69, 9.17) is 13.9 Å². The summed E-state index contributed by atoms with van der Waals surface area (Å²) in [6, 6.07) is 19.8. The van der Waals surface area contributed by atoms with E-state index in [1.807, 2.05) is 76.2 Å². The summed E-state index contributed by atoms with van der Waals surface area (Å²) in [4.78, 5) is 29.0. The zero-order valence-corrected chi connectivity index (χ0v) is 23.5. The number of aromatic nitrogens is 1. The van der Waals surface area contributed by atoms with Gasteiger partial charge < -0.3 is 13.9 Å². The lowest BCUT2D eigenvalue weighted by Gasteiger charge is -2.19. The SMILES string of the molecule is Cc1cccc(-c2cc(Cc3ccc(NC(=O)OC(C)(C)C)cc3)cc3oc(NC(=O)OC(C)(C)C)nc23)c1.